The summed E-state index contributed by atoms with van der Waals surface area (Å²) in [7, 11) is 1.57. The van der Waals surface area contributed by atoms with Crippen LogP contribution in [0.25, 0.3) is 0 Å². The number of para-hydroxylation sites is 2. The Labute approximate surface area is 270 Å². The number of nitrogens with one attached hydrogen (secondary N) is 2. The molecule has 5 rings (SSSR count). The number of halogens is 2. The molecule has 2 heterocycles. The number of aromatic nitrogens is 3. The normalized spacial score (nSPS) is 14.1. The van der Waals surface area contributed by atoms with Crippen molar-refractivity contribution >= 4 is 52.5 Å². The molecule has 1 aliphatic heterocycles. The zero-order valence-corrected chi connectivity index (χ0v) is 27.1. The van der Waals surface area contributed by atoms with E-state index in [1.165, 1.54) is 0 Å². The maximum Gasteiger partial charge on any atom is 0.255 e. The highest BCUT2D eigenvalue weighted by atomic mass is 35.5. The van der Waals surface area contributed by atoms with Crippen molar-refractivity contribution in [3.8, 4) is 17.2 Å². The van der Waals surface area contributed by atoms with Crippen molar-refractivity contribution in [1.82, 2.24) is 14.8 Å². The second-order valence-electron chi connectivity index (χ2n) is 9.90. The molecule has 0 saturated carbocycles. The first-order chi connectivity index (χ1) is 21.3. The Kier molecular flexibility index (Phi) is 10.2. The van der Waals surface area contributed by atoms with Crippen LogP contribution in [0.15, 0.2) is 77.1 Å². The largest absolute Gasteiger partial charge is 0.493 e. The van der Waals surface area contributed by atoms with Crippen molar-refractivity contribution in [3.63, 3.8) is 0 Å². The third-order valence-corrected chi connectivity index (χ3v) is 8.48. The predicted octanol–water partition coefficient (Wildman–Crippen LogP) is 8.00. The zero-order chi connectivity index (χ0) is 31.2. The van der Waals surface area contributed by atoms with E-state index >= 15 is 0 Å². The monoisotopic (exact) mass is 653 g/mol. The molecule has 0 saturated heterocycles. The molecular weight excluding hydrogens is 621 g/mol. The molecule has 12 heteroatoms. The third kappa shape index (κ3) is 6.93. The van der Waals surface area contributed by atoms with E-state index in [1.807, 2.05) is 62.4 Å². The van der Waals surface area contributed by atoms with Gasteiger partial charge in [0.1, 0.15) is 18.4 Å². The quantitative estimate of drug-likeness (QED) is 0.148. The first-order valence-electron chi connectivity index (χ1n) is 14.2. The number of benzene rings is 3. The highest BCUT2D eigenvalue weighted by molar-refractivity contribution is 7.99. The summed E-state index contributed by atoms with van der Waals surface area (Å²) in [5.74, 6) is 2.73. The van der Waals surface area contributed by atoms with Crippen LogP contribution in [0.2, 0.25) is 10.0 Å². The van der Waals surface area contributed by atoms with Crippen LogP contribution in [0, 0.1) is 0 Å². The molecule has 230 valence electrons. The lowest BCUT2D eigenvalue weighted by molar-refractivity contribution is -0.113. The summed E-state index contributed by atoms with van der Waals surface area (Å²) in [5.41, 5.74) is 3.26. The molecule has 1 aliphatic rings. The topological polar surface area (TPSA) is 99.5 Å². The fourth-order valence-electron chi connectivity index (χ4n) is 4.80. The number of amides is 1. The van der Waals surface area contributed by atoms with E-state index in [2.05, 4.69) is 17.6 Å². The van der Waals surface area contributed by atoms with Gasteiger partial charge in [0, 0.05) is 27.1 Å². The number of carbonyl (C=O) groups is 1. The second kappa shape index (κ2) is 14.3. The van der Waals surface area contributed by atoms with Gasteiger partial charge < -0.3 is 24.8 Å². The Morgan fingerprint density at radius 1 is 1.05 bits per heavy atom. The summed E-state index contributed by atoms with van der Waals surface area (Å²) in [4.78, 5) is 18.7. The van der Waals surface area contributed by atoms with E-state index < -0.39 is 6.04 Å². The van der Waals surface area contributed by atoms with Crippen LogP contribution in [0.1, 0.15) is 44.4 Å². The number of fused-ring (bicyclic) bond motifs is 1. The molecule has 2 N–H and O–H groups in total. The minimum Gasteiger partial charge on any atom is -0.493 e. The lowest BCUT2D eigenvalue weighted by Crippen LogP contribution is -2.31. The number of nitrogens with zero attached hydrogens (tertiary/aromatic N) is 3. The van der Waals surface area contributed by atoms with E-state index in [4.69, 9.17) is 47.5 Å². The first-order valence-corrected chi connectivity index (χ1v) is 15.9. The number of rotatable bonds is 12. The molecule has 0 radical (unpaired) electrons. The van der Waals surface area contributed by atoms with Crippen LogP contribution >= 0.6 is 35.0 Å². The Balaban J connectivity index is 1.51. The standard InChI is InChI=1S/C32H33Cl2N5O4S/c1-5-15-44-32-37-31-35-19(3)28(30(40)36-24-9-7-8-10-25(24)42-6-2)29(39(31)38-32)20-12-14-26(27(16-20)41-4)43-18-21-11-13-22(33)17-23(21)34/h7-14,16-17,29H,5-6,15,18H2,1-4H3,(H,36,40)(H,35,37,38). The summed E-state index contributed by atoms with van der Waals surface area (Å²) >= 11 is 14.0. The minimum absolute atomic E-state index is 0.218. The van der Waals surface area contributed by atoms with Crippen LogP contribution in [-0.4, -0.2) is 40.1 Å². The fraction of sp³-hybridized carbons (Fsp3) is 0.281. The number of hydrogen-bond acceptors (Lipinski definition) is 8. The number of carbonyl (C=O) groups excluding carboxylic acids is 1. The van der Waals surface area contributed by atoms with E-state index in [9.17, 15) is 4.79 Å². The van der Waals surface area contributed by atoms with E-state index in [0.29, 0.717) is 62.0 Å². The van der Waals surface area contributed by atoms with Gasteiger partial charge in [0.05, 0.1) is 25.0 Å². The molecule has 4 aromatic rings. The minimum atomic E-state index is -0.609. The summed E-state index contributed by atoms with van der Waals surface area (Å²) in [6, 6.07) is 17.6. The lowest BCUT2D eigenvalue weighted by atomic mass is 9.94. The third-order valence-electron chi connectivity index (χ3n) is 6.85. The van der Waals surface area contributed by atoms with E-state index in [0.717, 1.165) is 23.3 Å². The van der Waals surface area contributed by atoms with Crippen molar-refractivity contribution in [3.05, 3.63) is 93.1 Å². The molecule has 0 bridgehead atoms. The Morgan fingerprint density at radius 3 is 2.61 bits per heavy atom. The zero-order valence-electron chi connectivity index (χ0n) is 24.8. The maximum absolute atomic E-state index is 14.0. The number of hydrogen-bond donors (Lipinski definition) is 2. The maximum atomic E-state index is 14.0. The molecule has 1 atom stereocenters. The average Bonchev–Trinajstić information content (AvgIpc) is 3.42. The van der Waals surface area contributed by atoms with Crippen LogP contribution in [0.3, 0.4) is 0 Å². The Bertz CT molecular complexity index is 1690. The smallest absolute Gasteiger partial charge is 0.255 e. The van der Waals surface area contributed by atoms with Gasteiger partial charge in [0.25, 0.3) is 5.91 Å². The first kappa shape index (κ1) is 31.6. The molecule has 44 heavy (non-hydrogen) atoms. The fourth-order valence-corrected chi connectivity index (χ4v) is 5.94. The second-order valence-corrected chi connectivity index (χ2v) is 11.8. The number of ether oxygens (including phenoxy) is 3. The van der Waals surface area contributed by atoms with E-state index in [1.54, 1.807) is 35.7 Å². The molecule has 0 fully saturated rings. The van der Waals surface area contributed by atoms with Crippen LogP contribution in [-0.2, 0) is 11.4 Å². The molecule has 3 aromatic carbocycles. The lowest BCUT2D eigenvalue weighted by Gasteiger charge is -2.29. The summed E-state index contributed by atoms with van der Waals surface area (Å²) in [5, 5.41) is 12.8. The Morgan fingerprint density at radius 2 is 1.86 bits per heavy atom. The van der Waals surface area contributed by atoms with Gasteiger partial charge >= 0.3 is 0 Å². The number of methoxy groups -OCH3 is 1. The van der Waals surface area contributed by atoms with Crippen molar-refractivity contribution in [2.45, 2.75) is 45.0 Å². The van der Waals surface area contributed by atoms with Crippen LogP contribution < -0.4 is 24.8 Å². The highest BCUT2D eigenvalue weighted by Crippen LogP contribution is 2.40. The molecule has 0 spiro atoms. The van der Waals surface area contributed by atoms with Gasteiger partial charge in [-0.2, -0.15) is 4.98 Å². The molecular formula is C32H33Cl2N5O4S. The number of thioether (sulfide) groups is 1. The number of anilines is 2. The molecule has 1 unspecified atom stereocenters. The van der Waals surface area contributed by atoms with Crippen molar-refractivity contribution in [2.24, 2.45) is 0 Å². The highest BCUT2D eigenvalue weighted by Gasteiger charge is 2.35. The van der Waals surface area contributed by atoms with Crippen LogP contribution in [0.5, 0.6) is 17.2 Å². The van der Waals surface area contributed by atoms with Gasteiger partial charge in [0.15, 0.2) is 11.5 Å². The van der Waals surface area contributed by atoms with E-state index in [-0.39, 0.29) is 12.5 Å². The SMILES string of the molecule is CCCSc1nc2n(n1)C(c1ccc(OCc3ccc(Cl)cc3Cl)c(OC)c1)C(C(=O)Nc1ccccc1OCC)=C(C)N2. The molecule has 9 nitrogen and oxygen atoms in total. The summed E-state index contributed by atoms with van der Waals surface area (Å²) < 4.78 is 19.3. The van der Waals surface area contributed by atoms with Gasteiger partial charge in [-0.15, -0.1) is 5.10 Å². The van der Waals surface area contributed by atoms with Crippen molar-refractivity contribution in [1.29, 1.82) is 0 Å². The molecule has 1 aromatic heterocycles. The van der Waals surface area contributed by atoms with Gasteiger partial charge in [-0.1, -0.05) is 66.2 Å². The van der Waals surface area contributed by atoms with Crippen molar-refractivity contribution < 1.29 is 19.0 Å². The predicted molar refractivity (Wildman–Crippen MR) is 176 cm³/mol. The van der Waals surface area contributed by atoms with Crippen LogP contribution in [0.4, 0.5) is 11.6 Å². The van der Waals surface area contributed by atoms with Gasteiger partial charge in [0.2, 0.25) is 11.1 Å². The summed E-state index contributed by atoms with van der Waals surface area (Å²) in [6.07, 6.45) is 0.982. The van der Waals surface area contributed by atoms with Gasteiger partial charge in [-0.05, 0) is 62.2 Å². The average molecular weight is 655 g/mol. The van der Waals surface area contributed by atoms with Crippen molar-refractivity contribution in [2.75, 3.05) is 30.1 Å². The Hall–Kier alpha value is -3.86. The molecule has 1 amide bonds. The summed E-state index contributed by atoms with van der Waals surface area (Å²) in [6.45, 7) is 6.55. The molecule has 0 aliphatic carbocycles. The van der Waals surface area contributed by atoms with Gasteiger partial charge in [-0.3, -0.25) is 4.79 Å². The number of allylic oxidation sites excluding steroid dienone is 1. The van der Waals surface area contributed by atoms with Gasteiger partial charge in [-0.25, -0.2) is 4.68 Å².